The predicted octanol–water partition coefficient (Wildman–Crippen LogP) is 2.47. The summed E-state index contributed by atoms with van der Waals surface area (Å²) in [4.78, 5) is 2.09. The third kappa shape index (κ3) is 2.57. The van der Waals surface area contributed by atoms with Crippen molar-refractivity contribution in [3.8, 4) is 5.75 Å². The van der Waals surface area contributed by atoms with Crippen molar-refractivity contribution in [2.24, 2.45) is 5.92 Å². The minimum absolute atomic E-state index is 0.0985. The van der Waals surface area contributed by atoms with Gasteiger partial charge in [-0.3, -0.25) is 0 Å². The molecule has 0 saturated heterocycles. The summed E-state index contributed by atoms with van der Waals surface area (Å²) in [6, 6.07) is 4.68. The quantitative estimate of drug-likeness (QED) is 0.785. The number of anilines is 1. The lowest BCUT2D eigenvalue weighted by Crippen LogP contribution is -2.40. The molecule has 1 heterocycles. The summed E-state index contributed by atoms with van der Waals surface area (Å²) < 4.78 is 28.5. The van der Waals surface area contributed by atoms with Gasteiger partial charge in [-0.2, -0.15) is 0 Å². The largest absolute Gasteiger partial charge is 0.486 e. The normalized spacial score (nSPS) is 19.6. The molecule has 0 bridgehead atoms. The van der Waals surface area contributed by atoms with E-state index in [0.29, 0.717) is 11.7 Å². The second kappa shape index (κ2) is 4.63. The zero-order valence-electron chi connectivity index (χ0n) is 10.6. The van der Waals surface area contributed by atoms with Crippen LogP contribution in [-0.2, 0) is 9.05 Å². The summed E-state index contributed by atoms with van der Waals surface area (Å²) in [7, 11) is 3.56. The molecule has 4 nitrogen and oxygen atoms in total. The Bertz CT molecular complexity index is 556. The highest BCUT2D eigenvalue weighted by Crippen LogP contribution is 2.36. The van der Waals surface area contributed by atoms with Crippen LogP contribution in [0.2, 0.25) is 0 Å². The third-order valence-electron chi connectivity index (χ3n) is 3.10. The number of halogens is 1. The minimum Gasteiger partial charge on any atom is -0.486 e. The second-order valence-electron chi connectivity index (χ2n) is 4.85. The van der Waals surface area contributed by atoms with Crippen LogP contribution in [0.15, 0.2) is 23.1 Å². The Kier molecular flexibility index (Phi) is 3.47. The first-order chi connectivity index (χ1) is 8.29. The first-order valence-electron chi connectivity index (χ1n) is 5.75. The molecule has 100 valence electrons. The zero-order valence-corrected chi connectivity index (χ0v) is 12.1. The van der Waals surface area contributed by atoms with Gasteiger partial charge in [0, 0.05) is 17.7 Å². The highest BCUT2D eigenvalue weighted by Gasteiger charge is 2.27. The molecule has 1 aromatic carbocycles. The lowest BCUT2D eigenvalue weighted by atomic mass is 10.0. The molecule has 0 amide bonds. The highest BCUT2D eigenvalue weighted by molar-refractivity contribution is 8.13. The van der Waals surface area contributed by atoms with Crippen molar-refractivity contribution in [3.05, 3.63) is 18.2 Å². The lowest BCUT2D eigenvalue weighted by Gasteiger charge is -2.35. The summed E-state index contributed by atoms with van der Waals surface area (Å²) in [6.45, 7) is 4.93. The van der Waals surface area contributed by atoms with Crippen molar-refractivity contribution in [2.75, 3.05) is 18.5 Å². The monoisotopic (exact) mass is 289 g/mol. The van der Waals surface area contributed by atoms with Crippen molar-refractivity contribution < 1.29 is 13.2 Å². The van der Waals surface area contributed by atoms with Crippen molar-refractivity contribution in [3.63, 3.8) is 0 Å². The van der Waals surface area contributed by atoms with Gasteiger partial charge in [-0.05, 0) is 24.1 Å². The Hall–Kier alpha value is -0.940. The van der Waals surface area contributed by atoms with Crippen molar-refractivity contribution >= 4 is 25.4 Å². The van der Waals surface area contributed by atoms with E-state index in [9.17, 15) is 8.42 Å². The first kappa shape index (κ1) is 13.5. The Morgan fingerprint density at radius 2 is 2.11 bits per heavy atom. The molecule has 1 aliphatic heterocycles. The molecule has 6 heteroatoms. The molecule has 0 aliphatic carbocycles. The standard InChI is InChI=1S/C12H16ClNO3S/c1-8(2)12-7-14(3)10-6-9(18(13,15)16)4-5-11(10)17-12/h4-6,8,12H,7H2,1-3H3. The van der Waals surface area contributed by atoms with E-state index in [-0.39, 0.29) is 11.0 Å². The maximum Gasteiger partial charge on any atom is 0.261 e. The van der Waals surface area contributed by atoms with Gasteiger partial charge in [0.05, 0.1) is 17.1 Å². The topological polar surface area (TPSA) is 46.6 Å². The predicted molar refractivity (Wildman–Crippen MR) is 72.0 cm³/mol. The van der Waals surface area contributed by atoms with Crippen LogP contribution in [0.1, 0.15) is 13.8 Å². The molecule has 18 heavy (non-hydrogen) atoms. The molecule has 1 atom stereocenters. The van der Waals surface area contributed by atoms with Gasteiger partial charge in [-0.15, -0.1) is 0 Å². The number of likely N-dealkylation sites (N-methyl/N-ethyl adjacent to an activating group) is 1. The fraction of sp³-hybridized carbons (Fsp3) is 0.500. The number of hydrogen-bond donors (Lipinski definition) is 0. The molecule has 0 radical (unpaired) electrons. The summed E-state index contributed by atoms with van der Waals surface area (Å²) >= 11 is 0. The Balaban J connectivity index is 2.41. The van der Waals surface area contributed by atoms with E-state index in [1.165, 1.54) is 6.07 Å². The van der Waals surface area contributed by atoms with Crippen molar-refractivity contribution in [2.45, 2.75) is 24.8 Å². The van der Waals surface area contributed by atoms with E-state index in [2.05, 4.69) is 13.8 Å². The van der Waals surface area contributed by atoms with Crippen LogP contribution in [-0.4, -0.2) is 28.1 Å². The molecule has 1 aromatic rings. The molecule has 0 N–H and O–H groups in total. The number of ether oxygens (including phenoxy) is 1. The summed E-state index contributed by atoms with van der Waals surface area (Å²) in [5, 5.41) is 0. The molecule has 2 rings (SSSR count). The zero-order chi connectivity index (χ0) is 13.5. The fourth-order valence-corrected chi connectivity index (χ4v) is 2.73. The second-order valence-corrected chi connectivity index (χ2v) is 7.41. The maximum atomic E-state index is 11.3. The summed E-state index contributed by atoms with van der Waals surface area (Å²) in [6.07, 6.45) is 0.112. The molecule has 0 aromatic heterocycles. The molecular formula is C12H16ClNO3S. The number of nitrogens with zero attached hydrogens (tertiary/aromatic N) is 1. The van der Waals surface area contributed by atoms with E-state index in [0.717, 1.165) is 12.2 Å². The van der Waals surface area contributed by atoms with Crippen LogP contribution in [0.3, 0.4) is 0 Å². The van der Waals surface area contributed by atoms with Crippen LogP contribution in [0, 0.1) is 5.92 Å². The number of hydrogen-bond acceptors (Lipinski definition) is 4. The van der Waals surface area contributed by atoms with E-state index in [1.807, 2.05) is 11.9 Å². The van der Waals surface area contributed by atoms with Gasteiger partial charge in [0.2, 0.25) is 0 Å². The summed E-state index contributed by atoms with van der Waals surface area (Å²) in [5.74, 6) is 1.10. The maximum absolute atomic E-state index is 11.3. The van der Waals surface area contributed by atoms with E-state index < -0.39 is 9.05 Å². The molecule has 0 saturated carbocycles. The smallest absolute Gasteiger partial charge is 0.261 e. The van der Waals surface area contributed by atoms with Crippen LogP contribution >= 0.6 is 10.7 Å². The van der Waals surface area contributed by atoms with Gasteiger partial charge in [0.1, 0.15) is 11.9 Å². The Labute approximate surface area is 112 Å². The van der Waals surface area contributed by atoms with Crippen LogP contribution in [0.25, 0.3) is 0 Å². The molecule has 1 aliphatic rings. The van der Waals surface area contributed by atoms with E-state index in [4.69, 9.17) is 15.4 Å². The SMILES string of the molecule is CC(C)C1CN(C)c2cc(S(=O)(=O)Cl)ccc2O1. The van der Waals surface area contributed by atoms with Gasteiger partial charge in [0.25, 0.3) is 9.05 Å². The van der Waals surface area contributed by atoms with Crippen LogP contribution in [0.4, 0.5) is 5.69 Å². The number of fused-ring (bicyclic) bond motifs is 1. The third-order valence-corrected chi connectivity index (χ3v) is 4.45. The molecule has 1 unspecified atom stereocenters. The van der Waals surface area contributed by atoms with E-state index in [1.54, 1.807) is 12.1 Å². The van der Waals surface area contributed by atoms with Gasteiger partial charge in [-0.1, -0.05) is 13.8 Å². The lowest BCUT2D eigenvalue weighted by molar-refractivity contribution is 0.147. The fourth-order valence-electron chi connectivity index (χ4n) is 1.96. The number of benzene rings is 1. The minimum atomic E-state index is -3.70. The highest BCUT2D eigenvalue weighted by atomic mass is 35.7. The first-order valence-corrected chi connectivity index (χ1v) is 8.06. The van der Waals surface area contributed by atoms with Gasteiger partial charge < -0.3 is 9.64 Å². The van der Waals surface area contributed by atoms with E-state index >= 15 is 0 Å². The van der Waals surface area contributed by atoms with Gasteiger partial charge in [0.15, 0.2) is 0 Å². The van der Waals surface area contributed by atoms with Crippen molar-refractivity contribution in [1.82, 2.24) is 0 Å². The van der Waals surface area contributed by atoms with Crippen LogP contribution in [0.5, 0.6) is 5.75 Å². The molecular weight excluding hydrogens is 274 g/mol. The Morgan fingerprint density at radius 3 is 2.67 bits per heavy atom. The Morgan fingerprint density at radius 1 is 1.44 bits per heavy atom. The van der Waals surface area contributed by atoms with Crippen molar-refractivity contribution in [1.29, 1.82) is 0 Å². The van der Waals surface area contributed by atoms with Crippen LogP contribution < -0.4 is 9.64 Å². The van der Waals surface area contributed by atoms with Gasteiger partial charge >= 0.3 is 0 Å². The average Bonchev–Trinajstić information content (AvgIpc) is 2.27. The summed E-state index contributed by atoms with van der Waals surface area (Å²) in [5.41, 5.74) is 0.758. The molecule has 0 spiro atoms. The number of rotatable bonds is 2. The van der Waals surface area contributed by atoms with Gasteiger partial charge in [-0.25, -0.2) is 8.42 Å². The average molecular weight is 290 g/mol. The molecule has 0 fully saturated rings.